The van der Waals surface area contributed by atoms with Crippen LogP contribution in [0.1, 0.15) is 54.4 Å². The normalized spacial score (nSPS) is 13.5. The number of nitrogens with zero attached hydrogens (tertiary/aromatic N) is 2. The zero-order chi connectivity index (χ0) is 21.7. The second-order valence-electron chi connectivity index (χ2n) is 7.09. The molecule has 28 heavy (non-hydrogen) atoms. The van der Waals surface area contributed by atoms with Crippen molar-refractivity contribution < 1.29 is 19.1 Å². The van der Waals surface area contributed by atoms with E-state index in [4.69, 9.17) is 4.74 Å². The van der Waals surface area contributed by atoms with Crippen LogP contribution in [0.2, 0.25) is 0 Å². The molecule has 0 saturated carbocycles. The summed E-state index contributed by atoms with van der Waals surface area (Å²) < 4.78 is 5.07. The summed E-state index contributed by atoms with van der Waals surface area (Å²) >= 11 is 1.31. The Morgan fingerprint density at radius 3 is 2.39 bits per heavy atom. The van der Waals surface area contributed by atoms with Gasteiger partial charge in [0.1, 0.15) is 17.9 Å². The van der Waals surface area contributed by atoms with Crippen molar-refractivity contribution in [3.8, 4) is 0 Å². The van der Waals surface area contributed by atoms with Crippen LogP contribution in [0, 0.1) is 5.92 Å². The fourth-order valence-corrected chi connectivity index (χ4v) is 2.28. The summed E-state index contributed by atoms with van der Waals surface area (Å²) in [7, 11) is 0. The van der Waals surface area contributed by atoms with Crippen LogP contribution in [0.15, 0.2) is 22.9 Å². The van der Waals surface area contributed by atoms with Crippen molar-refractivity contribution in [2.45, 2.75) is 60.0 Å². The Balaban J connectivity index is 4.80. The van der Waals surface area contributed by atoms with Crippen LogP contribution in [0.25, 0.3) is 0 Å². The van der Waals surface area contributed by atoms with Gasteiger partial charge in [0.25, 0.3) is 0 Å². The minimum Gasteiger partial charge on any atom is -0.444 e. The summed E-state index contributed by atoms with van der Waals surface area (Å²) in [5.41, 5.74) is -0.00979. The standard InChI is InChI=1S/C19H32N4O4S/c1-8-15(11-10-13(3)14(4)24)22-23-17(28-9-2)21-16(25)12-20-18(26)27-19(5,6)7/h8,13H,1,9-12H2,2-7H3,(H,20,26)(H,21,23,25)/b22-15+. The highest BCUT2D eigenvalue weighted by Crippen LogP contribution is 2.09. The number of thioether (sulfide) groups is 1. The molecule has 2 amide bonds. The summed E-state index contributed by atoms with van der Waals surface area (Å²) in [5, 5.41) is 13.5. The molecule has 0 aromatic carbocycles. The van der Waals surface area contributed by atoms with Gasteiger partial charge in [0.15, 0.2) is 5.17 Å². The molecule has 0 radical (unpaired) electrons. The molecule has 9 heteroatoms. The van der Waals surface area contributed by atoms with E-state index in [0.717, 1.165) is 0 Å². The van der Waals surface area contributed by atoms with Crippen LogP contribution < -0.4 is 10.6 Å². The van der Waals surface area contributed by atoms with Gasteiger partial charge in [-0.25, -0.2) is 4.79 Å². The van der Waals surface area contributed by atoms with Gasteiger partial charge in [0.05, 0.1) is 5.71 Å². The molecule has 0 bridgehead atoms. The smallest absolute Gasteiger partial charge is 0.408 e. The number of hydrogen-bond donors (Lipinski definition) is 2. The van der Waals surface area contributed by atoms with Gasteiger partial charge >= 0.3 is 6.09 Å². The van der Waals surface area contributed by atoms with E-state index >= 15 is 0 Å². The van der Waals surface area contributed by atoms with E-state index in [0.29, 0.717) is 29.5 Å². The lowest BCUT2D eigenvalue weighted by Crippen LogP contribution is -2.41. The lowest BCUT2D eigenvalue weighted by atomic mass is 10.00. The number of carbonyl (C=O) groups is 3. The molecule has 2 N–H and O–H groups in total. The van der Waals surface area contributed by atoms with Gasteiger partial charge < -0.3 is 15.4 Å². The molecule has 0 spiro atoms. The van der Waals surface area contributed by atoms with Gasteiger partial charge in [0.2, 0.25) is 5.91 Å². The fraction of sp³-hybridized carbons (Fsp3) is 0.632. The van der Waals surface area contributed by atoms with Gasteiger partial charge in [-0.2, -0.15) is 5.10 Å². The number of amides is 2. The molecule has 0 heterocycles. The topological polar surface area (TPSA) is 109 Å². The third-order valence-electron chi connectivity index (χ3n) is 3.35. The van der Waals surface area contributed by atoms with E-state index in [9.17, 15) is 14.4 Å². The van der Waals surface area contributed by atoms with Crippen LogP contribution in [0.4, 0.5) is 4.79 Å². The molecule has 0 aliphatic carbocycles. The van der Waals surface area contributed by atoms with E-state index in [1.807, 2.05) is 13.8 Å². The molecular formula is C19H32N4O4S. The van der Waals surface area contributed by atoms with E-state index in [-0.39, 0.29) is 18.2 Å². The van der Waals surface area contributed by atoms with Gasteiger partial charge in [-0.15, -0.1) is 5.10 Å². The Morgan fingerprint density at radius 1 is 1.25 bits per heavy atom. The third-order valence-corrected chi connectivity index (χ3v) is 4.10. The number of nitrogens with one attached hydrogen (secondary N) is 2. The number of hydrogen-bond acceptors (Lipinski definition) is 7. The van der Waals surface area contributed by atoms with E-state index in [1.165, 1.54) is 11.8 Å². The Labute approximate surface area is 171 Å². The van der Waals surface area contributed by atoms with Crippen LogP contribution >= 0.6 is 11.8 Å². The second-order valence-corrected chi connectivity index (χ2v) is 8.34. The highest BCUT2D eigenvalue weighted by Gasteiger charge is 2.17. The van der Waals surface area contributed by atoms with Crippen molar-refractivity contribution in [1.29, 1.82) is 0 Å². The zero-order valence-corrected chi connectivity index (χ0v) is 18.4. The maximum Gasteiger partial charge on any atom is 0.408 e. The molecule has 1 unspecified atom stereocenters. The van der Waals surface area contributed by atoms with E-state index < -0.39 is 17.6 Å². The minimum atomic E-state index is -0.671. The monoisotopic (exact) mass is 412 g/mol. The number of Topliss-reactive ketones (excluding diaryl/α,β-unsaturated/α-hetero) is 1. The molecule has 0 aliphatic heterocycles. The number of ether oxygens (including phenoxy) is 1. The highest BCUT2D eigenvalue weighted by atomic mass is 32.2. The Hall–Kier alpha value is -2.16. The Morgan fingerprint density at radius 2 is 1.89 bits per heavy atom. The van der Waals surface area contributed by atoms with Gasteiger partial charge in [0, 0.05) is 5.92 Å². The van der Waals surface area contributed by atoms with Crippen molar-refractivity contribution in [3.05, 3.63) is 12.7 Å². The molecule has 158 valence electrons. The largest absolute Gasteiger partial charge is 0.444 e. The Bertz CT molecular complexity index is 624. The van der Waals surface area contributed by atoms with Crippen molar-refractivity contribution in [3.63, 3.8) is 0 Å². The summed E-state index contributed by atoms with van der Waals surface area (Å²) in [4.78, 5) is 34.9. The molecule has 0 aromatic heterocycles. The first-order valence-corrected chi connectivity index (χ1v) is 10.1. The lowest BCUT2D eigenvalue weighted by molar-refractivity contribution is -0.120. The lowest BCUT2D eigenvalue weighted by Gasteiger charge is -2.19. The first-order chi connectivity index (χ1) is 13.0. The SMILES string of the molecule is C=C/C(CCC(C)C(C)=O)=N\N=C(\NC(=O)CNC(=O)OC(C)(C)C)SCC. The molecule has 0 aromatic rings. The average molecular weight is 413 g/mol. The maximum absolute atomic E-state index is 12.0. The third kappa shape index (κ3) is 13.1. The van der Waals surface area contributed by atoms with Crippen LogP contribution in [0.3, 0.4) is 0 Å². The predicted octanol–water partition coefficient (Wildman–Crippen LogP) is 3.28. The van der Waals surface area contributed by atoms with E-state index in [1.54, 1.807) is 33.8 Å². The predicted molar refractivity (Wildman–Crippen MR) is 115 cm³/mol. The minimum absolute atomic E-state index is 0.0581. The van der Waals surface area contributed by atoms with Gasteiger partial charge in [-0.1, -0.05) is 32.2 Å². The number of ketones is 1. The molecule has 0 saturated heterocycles. The Kier molecular flexibility index (Phi) is 12.1. The van der Waals surface area contributed by atoms with Gasteiger partial charge in [-0.05, 0) is 52.4 Å². The number of amidine groups is 1. The summed E-state index contributed by atoms with van der Waals surface area (Å²) in [6.07, 6.45) is 2.12. The molecular weight excluding hydrogens is 380 g/mol. The number of alkyl carbamates (subject to hydrolysis) is 1. The summed E-state index contributed by atoms with van der Waals surface area (Å²) in [6.45, 7) is 14.0. The van der Waals surface area contributed by atoms with E-state index in [2.05, 4.69) is 27.4 Å². The number of allylic oxidation sites excluding steroid dienone is 1. The fourth-order valence-electron chi connectivity index (χ4n) is 1.73. The van der Waals surface area contributed by atoms with Crippen molar-refractivity contribution >= 4 is 40.4 Å². The first kappa shape index (κ1) is 25.8. The summed E-state index contributed by atoms with van der Waals surface area (Å²) in [5.74, 6) is 0.307. The average Bonchev–Trinajstić information content (AvgIpc) is 2.58. The molecule has 0 rings (SSSR count). The highest BCUT2D eigenvalue weighted by molar-refractivity contribution is 8.13. The van der Waals surface area contributed by atoms with Crippen molar-refractivity contribution in [2.75, 3.05) is 12.3 Å². The quantitative estimate of drug-likeness (QED) is 0.343. The zero-order valence-electron chi connectivity index (χ0n) is 17.6. The van der Waals surface area contributed by atoms with Crippen LogP contribution in [0.5, 0.6) is 0 Å². The molecule has 1 atom stereocenters. The van der Waals surface area contributed by atoms with Crippen LogP contribution in [-0.4, -0.2) is 46.6 Å². The molecule has 0 aliphatic rings. The van der Waals surface area contributed by atoms with Gasteiger partial charge in [-0.3, -0.25) is 9.59 Å². The first-order valence-electron chi connectivity index (χ1n) is 9.15. The number of carbonyl (C=O) groups excluding carboxylic acids is 3. The molecule has 0 fully saturated rings. The summed E-state index contributed by atoms with van der Waals surface area (Å²) in [6, 6.07) is 0. The maximum atomic E-state index is 12.0. The second kappa shape index (κ2) is 13.1. The number of rotatable bonds is 9. The molecule has 8 nitrogen and oxygen atoms in total. The van der Waals surface area contributed by atoms with Crippen LogP contribution in [-0.2, 0) is 14.3 Å². The van der Waals surface area contributed by atoms with Crippen molar-refractivity contribution in [2.24, 2.45) is 16.1 Å². The van der Waals surface area contributed by atoms with Crippen molar-refractivity contribution in [1.82, 2.24) is 10.6 Å².